The fourth-order valence-corrected chi connectivity index (χ4v) is 11.2. The molecule has 0 saturated carbocycles. The number of hydrogen-bond acceptors (Lipinski definition) is 6. The topological polar surface area (TPSA) is 63.2 Å². The van der Waals surface area contributed by atoms with Gasteiger partial charge in [0.15, 0.2) is 11.6 Å². The van der Waals surface area contributed by atoms with Crippen molar-refractivity contribution in [3.63, 3.8) is 0 Å². The van der Waals surface area contributed by atoms with Crippen molar-refractivity contribution in [2.45, 2.75) is 101 Å². The first-order valence-corrected chi connectivity index (χ1v) is 16.5. The lowest BCUT2D eigenvalue weighted by molar-refractivity contribution is -0.369. The summed E-state index contributed by atoms with van der Waals surface area (Å²) in [5.41, 5.74) is -0.571. The third kappa shape index (κ3) is 5.86. The van der Waals surface area contributed by atoms with E-state index in [4.69, 9.17) is 23.4 Å². The van der Waals surface area contributed by atoms with Crippen LogP contribution >= 0.6 is 0 Å². The fourth-order valence-electron chi connectivity index (χ4n) is 6.66. The molecule has 2 aromatic rings. The van der Waals surface area contributed by atoms with Gasteiger partial charge in [-0.15, -0.1) is 0 Å². The molecule has 40 heavy (non-hydrogen) atoms. The highest BCUT2D eigenvalue weighted by Gasteiger charge is 2.55. The smallest absolute Gasteiger partial charge is 0.302 e. The van der Waals surface area contributed by atoms with Gasteiger partial charge < -0.3 is 23.4 Å². The molecule has 0 unspecified atom stereocenters. The third-order valence-corrected chi connectivity index (χ3v) is 13.5. The summed E-state index contributed by atoms with van der Waals surface area (Å²) >= 11 is 0. The van der Waals surface area contributed by atoms with Crippen LogP contribution in [0.5, 0.6) is 0 Å². The minimum Gasteiger partial charge on any atom is -0.463 e. The highest BCUT2D eigenvalue weighted by Crippen LogP contribution is 2.48. The molecule has 5 rings (SSSR count). The summed E-state index contributed by atoms with van der Waals surface area (Å²) < 4.78 is 32.5. The Labute approximate surface area is 240 Å². The number of benzene rings is 2. The molecular formula is C33H44O6Si. The number of carbonyl (C=O) groups is 1. The summed E-state index contributed by atoms with van der Waals surface area (Å²) in [5, 5.41) is 2.43. The van der Waals surface area contributed by atoms with Crippen LogP contribution in [0.15, 0.2) is 72.8 Å². The molecule has 2 fully saturated rings. The second kappa shape index (κ2) is 11.2. The highest BCUT2D eigenvalue weighted by atomic mass is 28.4. The molecule has 2 saturated heterocycles. The zero-order valence-electron chi connectivity index (χ0n) is 24.6. The molecular weight excluding hydrogens is 520 g/mol. The molecule has 7 heteroatoms. The predicted octanol–water partition coefficient (Wildman–Crippen LogP) is 5.63. The van der Waals surface area contributed by atoms with E-state index in [-0.39, 0.29) is 23.7 Å². The van der Waals surface area contributed by atoms with E-state index in [1.165, 1.54) is 17.3 Å². The van der Waals surface area contributed by atoms with Crippen LogP contribution in [-0.4, -0.2) is 50.8 Å². The van der Waals surface area contributed by atoms with Crippen molar-refractivity contribution in [2.24, 2.45) is 0 Å². The van der Waals surface area contributed by atoms with Gasteiger partial charge in [-0.05, 0) is 47.7 Å². The maximum atomic E-state index is 11.4. The molecule has 0 bridgehead atoms. The van der Waals surface area contributed by atoms with Crippen molar-refractivity contribution < 1.29 is 28.2 Å². The maximum Gasteiger partial charge on any atom is 0.302 e. The Morgan fingerprint density at radius 3 is 2.23 bits per heavy atom. The van der Waals surface area contributed by atoms with Crippen LogP contribution in [0, 0.1) is 0 Å². The van der Waals surface area contributed by atoms with Gasteiger partial charge >= 0.3 is 5.97 Å². The van der Waals surface area contributed by atoms with Crippen LogP contribution in [-0.2, 0) is 28.2 Å². The Morgan fingerprint density at radius 1 is 0.975 bits per heavy atom. The van der Waals surface area contributed by atoms with Crippen molar-refractivity contribution in [3.05, 3.63) is 72.8 Å². The van der Waals surface area contributed by atoms with Gasteiger partial charge in [0.25, 0.3) is 8.32 Å². The van der Waals surface area contributed by atoms with E-state index in [9.17, 15) is 4.79 Å². The Hall–Kier alpha value is -2.29. The van der Waals surface area contributed by atoms with Crippen molar-refractivity contribution in [1.82, 2.24) is 0 Å². The molecule has 2 aromatic carbocycles. The summed E-state index contributed by atoms with van der Waals surface area (Å²) in [7, 11) is -2.67. The lowest BCUT2D eigenvalue weighted by Gasteiger charge is -2.48. The average Bonchev–Trinajstić information content (AvgIpc) is 3.23. The Kier molecular flexibility index (Phi) is 8.16. The van der Waals surface area contributed by atoms with Crippen molar-refractivity contribution in [1.29, 1.82) is 0 Å². The third-order valence-electron chi connectivity index (χ3n) is 8.53. The standard InChI is InChI=1S/C33H44O6Si/c1-26(34)35-25-31(5)22-23-33(38-31)21-13-20-32(39-33)19-12-14-27(37-32)24-36-40(30(2,3)4,28-15-8-6-9-16-28)29-17-10-7-11-18-29/h6-11,13,15-18,20,27H,12,14,19,21-25H2,1-5H3/t27-,31+,32-,33+/m0/s1. The van der Waals surface area contributed by atoms with Crippen LogP contribution < -0.4 is 10.4 Å². The van der Waals surface area contributed by atoms with Crippen LogP contribution in [0.2, 0.25) is 5.04 Å². The summed E-state index contributed by atoms with van der Waals surface area (Å²) in [6.45, 7) is 11.0. The van der Waals surface area contributed by atoms with Gasteiger partial charge in [0.2, 0.25) is 0 Å². The van der Waals surface area contributed by atoms with Gasteiger partial charge in [-0.3, -0.25) is 4.79 Å². The molecule has 4 atom stereocenters. The second-order valence-electron chi connectivity index (χ2n) is 12.9. The average molecular weight is 565 g/mol. The molecule has 3 aliphatic rings. The van der Waals surface area contributed by atoms with Gasteiger partial charge in [0.05, 0.1) is 12.7 Å². The summed E-state index contributed by atoms with van der Waals surface area (Å²) in [6.07, 6.45) is 8.87. The van der Waals surface area contributed by atoms with Gasteiger partial charge in [0, 0.05) is 26.2 Å². The summed E-state index contributed by atoms with van der Waals surface area (Å²) in [4.78, 5) is 11.4. The van der Waals surface area contributed by atoms with Crippen molar-refractivity contribution in [2.75, 3.05) is 13.2 Å². The van der Waals surface area contributed by atoms with E-state index in [0.717, 1.165) is 32.1 Å². The second-order valence-corrected chi connectivity index (χ2v) is 17.2. The van der Waals surface area contributed by atoms with Gasteiger partial charge in [-0.25, -0.2) is 0 Å². The number of esters is 1. The number of carbonyl (C=O) groups excluding carboxylic acids is 1. The predicted molar refractivity (Wildman–Crippen MR) is 158 cm³/mol. The first-order chi connectivity index (χ1) is 19.0. The van der Waals surface area contributed by atoms with E-state index in [0.29, 0.717) is 13.0 Å². The minimum absolute atomic E-state index is 0.0998. The molecule has 3 aliphatic heterocycles. The van der Waals surface area contributed by atoms with Crippen LogP contribution in [0.25, 0.3) is 0 Å². The van der Waals surface area contributed by atoms with E-state index >= 15 is 0 Å². The van der Waals surface area contributed by atoms with E-state index < -0.39 is 25.5 Å². The van der Waals surface area contributed by atoms with E-state index in [1.807, 2.05) is 6.92 Å². The maximum absolute atomic E-state index is 11.4. The SMILES string of the molecule is CC(=O)OC[C@@]1(C)CC[C@]2(CC=C[C@]3(CCC[C@@H](CO[Si](c4ccccc4)(c4ccccc4)C(C)(C)C)O3)O2)O1. The quantitative estimate of drug-likeness (QED) is 0.247. The van der Waals surface area contributed by atoms with Crippen LogP contribution in [0.4, 0.5) is 0 Å². The van der Waals surface area contributed by atoms with Crippen molar-refractivity contribution >= 4 is 24.7 Å². The van der Waals surface area contributed by atoms with Gasteiger partial charge in [-0.2, -0.15) is 0 Å². The zero-order valence-corrected chi connectivity index (χ0v) is 25.6. The summed E-state index contributed by atoms with van der Waals surface area (Å²) in [6, 6.07) is 21.4. The molecule has 0 aromatic heterocycles. The summed E-state index contributed by atoms with van der Waals surface area (Å²) in [5.74, 6) is -1.92. The zero-order chi connectivity index (χ0) is 28.5. The van der Waals surface area contributed by atoms with E-state index in [2.05, 4.69) is 93.6 Å². The molecule has 0 amide bonds. The Bertz CT molecular complexity index is 1150. The number of hydrogen-bond donors (Lipinski definition) is 0. The van der Waals surface area contributed by atoms with Gasteiger partial charge in [0.1, 0.15) is 12.2 Å². The molecule has 6 nitrogen and oxygen atoms in total. The lowest BCUT2D eigenvalue weighted by Crippen LogP contribution is -2.67. The fraction of sp³-hybridized carbons (Fsp3) is 0.545. The van der Waals surface area contributed by atoms with Crippen LogP contribution in [0.1, 0.15) is 73.1 Å². The van der Waals surface area contributed by atoms with E-state index in [1.54, 1.807) is 0 Å². The van der Waals surface area contributed by atoms with Crippen molar-refractivity contribution in [3.8, 4) is 0 Å². The molecule has 0 aliphatic carbocycles. The monoisotopic (exact) mass is 564 g/mol. The first-order valence-electron chi connectivity index (χ1n) is 14.6. The lowest BCUT2D eigenvalue weighted by atomic mass is 9.95. The molecule has 3 heterocycles. The van der Waals surface area contributed by atoms with Crippen LogP contribution in [0.3, 0.4) is 0 Å². The molecule has 0 N–H and O–H groups in total. The minimum atomic E-state index is -2.67. The molecule has 0 radical (unpaired) electrons. The normalized spacial score (nSPS) is 30.6. The molecule has 216 valence electrons. The number of ether oxygens (including phenoxy) is 4. The number of rotatable bonds is 7. The Morgan fingerprint density at radius 2 is 1.62 bits per heavy atom. The van der Waals surface area contributed by atoms with Gasteiger partial charge in [-0.1, -0.05) is 87.5 Å². The Balaban J connectivity index is 1.35. The molecule has 2 spiro atoms. The first kappa shape index (κ1) is 29.2. The largest absolute Gasteiger partial charge is 0.463 e. The highest BCUT2D eigenvalue weighted by molar-refractivity contribution is 6.99.